The van der Waals surface area contributed by atoms with Gasteiger partial charge >= 0.3 is 7.12 Å². The van der Waals surface area contributed by atoms with Gasteiger partial charge in [0.15, 0.2) is 0 Å². The number of aromatic nitrogens is 1. The largest absolute Gasteiger partial charge is 0.496 e. The van der Waals surface area contributed by atoms with Crippen LogP contribution in [0.2, 0.25) is 0 Å². The van der Waals surface area contributed by atoms with Crippen molar-refractivity contribution in [3.8, 4) is 5.88 Å². The molecule has 0 bridgehead atoms. The van der Waals surface area contributed by atoms with E-state index in [0.29, 0.717) is 5.46 Å². The van der Waals surface area contributed by atoms with E-state index in [2.05, 4.69) is 9.71 Å². The molecule has 0 spiro atoms. The fourth-order valence-corrected chi connectivity index (χ4v) is 3.84. The topological polar surface area (TPSA) is 86.8 Å². The molecule has 1 saturated carbocycles. The van der Waals surface area contributed by atoms with Crippen LogP contribution in [0.5, 0.6) is 5.88 Å². The minimum absolute atomic E-state index is 0.000194. The number of sulfonamides is 1. The van der Waals surface area contributed by atoms with Gasteiger partial charge in [-0.15, -0.1) is 0 Å². The molecule has 2 fully saturated rings. The summed E-state index contributed by atoms with van der Waals surface area (Å²) in [5, 5.41) is 0. The van der Waals surface area contributed by atoms with Crippen LogP contribution in [0.4, 0.5) is 0 Å². The van der Waals surface area contributed by atoms with Crippen molar-refractivity contribution in [2.45, 2.75) is 62.7 Å². The second-order valence-electron chi connectivity index (χ2n) is 7.26. The van der Waals surface area contributed by atoms with Crippen LogP contribution in [0.3, 0.4) is 0 Å². The minimum Gasteiger partial charge on any atom is -0.480 e. The van der Waals surface area contributed by atoms with Gasteiger partial charge in [-0.2, -0.15) is 0 Å². The van der Waals surface area contributed by atoms with Gasteiger partial charge in [0.2, 0.25) is 15.9 Å². The first-order chi connectivity index (χ1) is 11.1. The van der Waals surface area contributed by atoms with E-state index >= 15 is 0 Å². The van der Waals surface area contributed by atoms with Crippen molar-refractivity contribution in [3.63, 3.8) is 0 Å². The molecule has 0 amide bonds. The zero-order valence-electron chi connectivity index (χ0n) is 14.6. The lowest BCUT2D eigenvalue weighted by Gasteiger charge is -2.32. The van der Waals surface area contributed by atoms with Crippen LogP contribution in [0, 0.1) is 0 Å². The monoisotopic (exact) mass is 354 g/mol. The van der Waals surface area contributed by atoms with E-state index in [1.165, 1.54) is 19.4 Å². The quantitative estimate of drug-likeness (QED) is 0.789. The molecule has 3 rings (SSSR count). The Balaban J connectivity index is 1.95. The SMILES string of the molecule is COc1ncc(B2OC(C)(C)C(C)(C)O2)cc1S(=O)(=O)NC1CC1. The van der Waals surface area contributed by atoms with Crippen molar-refractivity contribution in [2.24, 2.45) is 0 Å². The first kappa shape index (κ1) is 17.7. The van der Waals surface area contributed by atoms with Crippen LogP contribution in [-0.4, -0.2) is 44.9 Å². The molecule has 9 heteroatoms. The summed E-state index contributed by atoms with van der Waals surface area (Å²) in [6.07, 6.45) is 3.23. The summed E-state index contributed by atoms with van der Waals surface area (Å²) in [4.78, 5) is 4.13. The van der Waals surface area contributed by atoms with Crippen LogP contribution >= 0.6 is 0 Å². The van der Waals surface area contributed by atoms with Gasteiger partial charge in [-0.1, -0.05) is 0 Å². The van der Waals surface area contributed by atoms with Gasteiger partial charge in [-0.3, -0.25) is 0 Å². The second kappa shape index (κ2) is 5.69. The Morgan fingerprint density at radius 2 is 1.83 bits per heavy atom. The summed E-state index contributed by atoms with van der Waals surface area (Å²) in [6, 6.07) is 1.51. The maximum Gasteiger partial charge on any atom is 0.496 e. The van der Waals surface area contributed by atoms with E-state index in [1.54, 1.807) is 0 Å². The molecule has 0 aromatic carbocycles. The molecule has 2 heterocycles. The Morgan fingerprint density at radius 3 is 2.33 bits per heavy atom. The molecule has 0 atom stereocenters. The molecule has 1 N–H and O–H groups in total. The molecule has 1 saturated heterocycles. The van der Waals surface area contributed by atoms with Crippen LogP contribution in [0.1, 0.15) is 40.5 Å². The highest BCUT2D eigenvalue weighted by Crippen LogP contribution is 2.36. The Labute approximate surface area is 143 Å². The van der Waals surface area contributed by atoms with Crippen molar-refractivity contribution in [3.05, 3.63) is 12.3 Å². The van der Waals surface area contributed by atoms with Gasteiger partial charge in [-0.25, -0.2) is 18.1 Å². The minimum atomic E-state index is -3.70. The van der Waals surface area contributed by atoms with E-state index in [1.807, 2.05) is 27.7 Å². The van der Waals surface area contributed by atoms with Crippen LogP contribution < -0.4 is 14.9 Å². The standard InChI is InChI=1S/C15H23BN2O5S/c1-14(2)15(3,4)23-16(22-14)10-8-12(13(21-5)17-9-10)24(19,20)18-11-6-7-11/h8-9,11,18H,6-7H2,1-5H3. The Hall–Kier alpha value is -1.16. The zero-order chi connectivity index (χ0) is 17.8. The molecule has 0 unspecified atom stereocenters. The fraction of sp³-hybridized carbons (Fsp3) is 0.667. The number of rotatable bonds is 5. The summed E-state index contributed by atoms with van der Waals surface area (Å²) >= 11 is 0. The van der Waals surface area contributed by atoms with Gasteiger partial charge in [0, 0.05) is 17.7 Å². The van der Waals surface area contributed by atoms with Crippen LogP contribution in [0.25, 0.3) is 0 Å². The molecular weight excluding hydrogens is 331 g/mol. The molecule has 24 heavy (non-hydrogen) atoms. The smallest absolute Gasteiger partial charge is 0.480 e. The van der Waals surface area contributed by atoms with E-state index in [-0.39, 0.29) is 16.8 Å². The molecule has 1 aliphatic carbocycles. The maximum absolute atomic E-state index is 12.6. The Morgan fingerprint density at radius 1 is 1.25 bits per heavy atom. The number of pyridine rings is 1. The number of hydrogen-bond donors (Lipinski definition) is 1. The highest BCUT2D eigenvalue weighted by atomic mass is 32.2. The fourth-order valence-electron chi connectivity index (χ4n) is 2.39. The van der Waals surface area contributed by atoms with Crippen molar-refractivity contribution >= 4 is 22.6 Å². The molecule has 1 aromatic heterocycles. The second-order valence-corrected chi connectivity index (χ2v) is 8.94. The van der Waals surface area contributed by atoms with Gasteiger partial charge in [0.05, 0.1) is 18.3 Å². The predicted octanol–water partition coefficient (Wildman–Crippen LogP) is 0.830. The number of ether oxygens (including phenoxy) is 1. The van der Waals surface area contributed by atoms with E-state index in [9.17, 15) is 8.42 Å². The first-order valence-corrected chi connectivity index (χ1v) is 9.46. The van der Waals surface area contributed by atoms with Crippen molar-refractivity contribution in [1.29, 1.82) is 0 Å². The van der Waals surface area contributed by atoms with E-state index in [4.69, 9.17) is 14.0 Å². The first-order valence-electron chi connectivity index (χ1n) is 7.98. The lowest BCUT2D eigenvalue weighted by Crippen LogP contribution is -2.41. The lowest BCUT2D eigenvalue weighted by molar-refractivity contribution is 0.00578. The normalized spacial score (nSPS) is 22.6. The number of nitrogens with zero attached hydrogens (tertiary/aromatic N) is 1. The van der Waals surface area contributed by atoms with Crippen LogP contribution in [0.15, 0.2) is 17.2 Å². The molecule has 1 aromatic rings. The highest BCUT2D eigenvalue weighted by molar-refractivity contribution is 7.89. The van der Waals surface area contributed by atoms with Gasteiger partial charge in [-0.05, 0) is 46.6 Å². The van der Waals surface area contributed by atoms with Crippen molar-refractivity contribution in [2.75, 3.05) is 7.11 Å². The average Bonchev–Trinajstić information content (AvgIpc) is 3.24. The number of hydrogen-bond acceptors (Lipinski definition) is 6. The third-order valence-electron chi connectivity index (χ3n) is 4.75. The van der Waals surface area contributed by atoms with Crippen LogP contribution in [-0.2, 0) is 19.3 Å². The molecule has 7 nitrogen and oxygen atoms in total. The lowest BCUT2D eigenvalue weighted by atomic mass is 9.80. The molecular formula is C15H23BN2O5S. The average molecular weight is 354 g/mol. The summed E-state index contributed by atoms with van der Waals surface area (Å²) in [5.41, 5.74) is -0.475. The molecule has 1 aliphatic heterocycles. The Bertz CT molecular complexity index is 730. The predicted molar refractivity (Wildman–Crippen MR) is 89.8 cm³/mol. The summed E-state index contributed by atoms with van der Waals surface area (Å²) in [5.74, 6) is 0.0587. The molecule has 2 aliphatic rings. The molecule has 132 valence electrons. The third kappa shape index (κ3) is 3.18. The Kier molecular flexibility index (Phi) is 4.19. The molecule has 0 radical (unpaired) electrons. The van der Waals surface area contributed by atoms with E-state index < -0.39 is 28.3 Å². The third-order valence-corrected chi connectivity index (χ3v) is 6.26. The van der Waals surface area contributed by atoms with Gasteiger partial charge < -0.3 is 14.0 Å². The van der Waals surface area contributed by atoms with Gasteiger partial charge in [0.25, 0.3) is 0 Å². The number of nitrogens with one attached hydrogen (secondary N) is 1. The summed E-state index contributed by atoms with van der Waals surface area (Å²) < 4.78 is 44.8. The van der Waals surface area contributed by atoms with E-state index in [0.717, 1.165) is 12.8 Å². The summed E-state index contributed by atoms with van der Waals surface area (Å²) in [7, 11) is -2.98. The number of methoxy groups -OCH3 is 1. The van der Waals surface area contributed by atoms with Crippen molar-refractivity contribution in [1.82, 2.24) is 9.71 Å². The van der Waals surface area contributed by atoms with Gasteiger partial charge in [0.1, 0.15) is 4.90 Å². The summed E-state index contributed by atoms with van der Waals surface area (Å²) in [6.45, 7) is 7.76. The maximum atomic E-state index is 12.6. The van der Waals surface area contributed by atoms with Crippen molar-refractivity contribution < 1.29 is 22.5 Å². The zero-order valence-corrected chi connectivity index (χ0v) is 15.4. The highest BCUT2D eigenvalue weighted by Gasteiger charge is 2.52.